The van der Waals surface area contributed by atoms with E-state index in [0.717, 1.165) is 11.3 Å². The van der Waals surface area contributed by atoms with E-state index in [1.54, 1.807) is 4.68 Å². The summed E-state index contributed by atoms with van der Waals surface area (Å²) in [5.41, 5.74) is 1.80. The molecule has 3 rings (SSSR count). The van der Waals surface area contributed by atoms with Crippen LogP contribution in [0.2, 0.25) is 5.02 Å². The van der Waals surface area contributed by atoms with Gasteiger partial charge in [-0.3, -0.25) is 0 Å². The number of aromatic nitrogens is 4. The molecule has 0 saturated heterocycles. The molecule has 1 aromatic heterocycles. The van der Waals surface area contributed by atoms with E-state index in [0.29, 0.717) is 10.8 Å². The minimum Gasteiger partial charge on any atom is -0.193 e. The molecule has 0 bridgehead atoms. The zero-order valence-corrected chi connectivity index (χ0v) is 10.1. The molecule has 3 aromatic rings. The molecule has 0 unspecified atom stereocenters. The lowest BCUT2D eigenvalue weighted by Gasteiger charge is -2.04. The van der Waals surface area contributed by atoms with Crippen LogP contribution in [0.4, 0.5) is 0 Å². The Morgan fingerprint density at radius 2 is 1.78 bits per heavy atom. The van der Waals surface area contributed by atoms with E-state index < -0.39 is 0 Å². The van der Waals surface area contributed by atoms with E-state index in [9.17, 15) is 0 Å². The Morgan fingerprint density at radius 1 is 0.944 bits per heavy atom. The zero-order chi connectivity index (χ0) is 12.4. The van der Waals surface area contributed by atoms with Crippen molar-refractivity contribution in [2.45, 2.75) is 0 Å². The number of rotatable bonds is 2. The second-order valence-electron chi connectivity index (χ2n) is 3.76. The van der Waals surface area contributed by atoms with E-state index in [2.05, 4.69) is 15.5 Å². The maximum atomic E-state index is 5.98. The van der Waals surface area contributed by atoms with Gasteiger partial charge in [0.25, 0.3) is 0 Å². The van der Waals surface area contributed by atoms with Crippen LogP contribution in [0.25, 0.3) is 17.1 Å². The standard InChI is InChI=1S/C13H9ClN4/c14-11-7-4-8-12(9-11)18-13(15-16-17-18)10-5-2-1-3-6-10/h1-9H. The second kappa shape index (κ2) is 4.58. The Hall–Kier alpha value is -2.20. The Kier molecular flexibility index (Phi) is 2.78. The first-order valence-electron chi connectivity index (χ1n) is 5.44. The summed E-state index contributed by atoms with van der Waals surface area (Å²) in [7, 11) is 0. The lowest BCUT2D eigenvalue weighted by atomic mass is 10.2. The fourth-order valence-corrected chi connectivity index (χ4v) is 1.92. The van der Waals surface area contributed by atoms with Crippen LogP contribution in [0, 0.1) is 0 Å². The van der Waals surface area contributed by atoms with Gasteiger partial charge in [0.05, 0.1) is 5.69 Å². The van der Waals surface area contributed by atoms with Crippen molar-refractivity contribution < 1.29 is 0 Å². The molecule has 1 heterocycles. The average Bonchev–Trinajstić information content (AvgIpc) is 2.89. The van der Waals surface area contributed by atoms with Gasteiger partial charge in [-0.15, -0.1) is 5.10 Å². The second-order valence-corrected chi connectivity index (χ2v) is 4.20. The molecular formula is C13H9ClN4. The van der Waals surface area contributed by atoms with Gasteiger partial charge in [-0.05, 0) is 28.6 Å². The molecule has 0 fully saturated rings. The summed E-state index contributed by atoms with van der Waals surface area (Å²) in [6.07, 6.45) is 0. The third-order valence-corrected chi connectivity index (χ3v) is 2.79. The number of hydrogen-bond acceptors (Lipinski definition) is 3. The molecule has 0 aliphatic heterocycles. The van der Waals surface area contributed by atoms with Gasteiger partial charge < -0.3 is 0 Å². The number of nitrogens with zero attached hydrogens (tertiary/aromatic N) is 4. The molecule has 4 nitrogen and oxygen atoms in total. The third-order valence-electron chi connectivity index (χ3n) is 2.55. The highest BCUT2D eigenvalue weighted by Gasteiger charge is 2.10. The maximum absolute atomic E-state index is 5.98. The van der Waals surface area contributed by atoms with E-state index in [-0.39, 0.29) is 0 Å². The van der Waals surface area contributed by atoms with Gasteiger partial charge >= 0.3 is 0 Å². The van der Waals surface area contributed by atoms with Crippen molar-refractivity contribution in [2.24, 2.45) is 0 Å². The predicted octanol–water partition coefficient (Wildman–Crippen LogP) is 2.98. The van der Waals surface area contributed by atoms with Crippen molar-refractivity contribution in [1.29, 1.82) is 0 Å². The Morgan fingerprint density at radius 3 is 2.56 bits per heavy atom. The van der Waals surface area contributed by atoms with E-state index in [1.807, 2.05) is 54.6 Å². The topological polar surface area (TPSA) is 43.6 Å². The van der Waals surface area contributed by atoms with Crippen LogP contribution >= 0.6 is 11.6 Å². The lowest BCUT2D eigenvalue weighted by molar-refractivity contribution is 0.791. The third kappa shape index (κ3) is 1.98. The molecule has 0 radical (unpaired) electrons. The quantitative estimate of drug-likeness (QED) is 0.708. The van der Waals surface area contributed by atoms with Gasteiger partial charge in [0.2, 0.25) is 0 Å². The van der Waals surface area contributed by atoms with Crippen LogP contribution in [0.5, 0.6) is 0 Å². The van der Waals surface area contributed by atoms with Crippen LogP contribution in [0.3, 0.4) is 0 Å². The normalized spacial score (nSPS) is 10.5. The van der Waals surface area contributed by atoms with Gasteiger partial charge in [-0.1, -0.05) is 48.0 Å². The maximum Gasteiger partial charge on any atom is 0.187 e. The lowest BCUT2D eigenvalue weighted by Crippen LogP contribution is -1.99. The van der Waals surface area contributed by atoms with Crippen LogP contribution in [-0.4, -0.2) is 20.2 Å². The molecule has 0 N–H and O–H groups in total. The first kappa shape index (κ1) is 10.9. The van der Waals surface area contributed by atoms with Crippen molar-refractivity contribution in [3.63, 3.8) is 0 Å². The molecular weight excluding hydrogens is 248 g/mol. The van der Waals surface area contributed by atoms with Gasteiger partial charge in [-0.2, -0.15) is 4.68 Å². The fraction of sp³-hybridized carbons (Fsp3) is 0. The number of hydrogen-bond donors (Lipinski definition) is 0. The largest absolute Gasteiger partial charge is 0.193 e. The molecule has 5 heteroatoms. The Bertz CT molecular complexity index is 664. The zero-order valence-electron chi connectivity index (χ0n) is 9.36. The van der Waals surface area contributed by atoms with Crippen molar-refractivity contribution in [3.8, 4) is 17.1 Å². The number of tetrazole rings is 1. The van der Waals surface area contributed by atoms with Gasteiger partial charge in [0, 0.05) is 10.6 Å². The molecule has 0 saturated carbocycles. The monoisotopic (exact) mass is 256 g/mol. The molecule has 0 amide bonds. The van der Waals surface area contributed by atoms with Gasteiger partial charge in [-0.25, -0.2) is 0 Å². The molecule has 18 heavy (non-hydrogen) atoms. The van der Waals surface area contributed by atoms with Crippen molar-refractivity contribution in [2.75, 3.05) is 0 Å². The van der Waals surface area contributed by atoms with Crippen molar-refractivity contribution in [3.05, 3.63) is 59.6 Å². The van der Waals surface area contributed by atoms with Crippen LogP contribution < -0.4 is 0 Å². The summed E-state index contributed by atoms with van der Waals surface area (Å²) >= 11 is 5.98. The fourth-order valence-electron chi connectivity index (χ4n) is 1.74. The summed E-state index contributed by atoms with van der Waals surface area (Å²) in [5, 5.41) is 12.4. The summed E-state index contributed by atoms with van der Waals surface area (Å²) in [6, 6.07) is 17.2. The molecule has 88 valence electrons. The summed E-state index contributed by atoms with van der Waals surface area (Å²) < 4.78 is 1.67. The minimum atomic E-state index is 0.655. The SMILES string of the molecule is Clc1cccc(-n2nnnc2-c2ccccc2)c1. The Labute approximate surface area is 109 Å². The smallest absolute Gasteiger partial charge is 0.187 e. The van der Waals surface area contributed by atoms with Crippen LogP contribution in [-0.2, 0) is 0 Å². The number of halogens is 1. The minimum absolute atomic E-state index is 0.655. The van der Waals surface area contributed by atoms with Crippen LogP contribution in [0.15, 0.2) is 54.6 Å². The summed E-state index contributed by atoms with van der Waals surface area (Å²) in [4.78, 5) is 0. The molecule has 0 aliphatic rings. The first-order valence-corrected chi connectivity index (χ1v) is 5.82. The van der Waals surface area contributed by atoms with E-state index in [1.165, 1.54) is 0 Å². The highest BCUT2D eigenvalue weighted by atomic mass is 35.5. The van der Waals surface area contributed by atoms with E-state index >= 15 is 0 Å². The number of benzene rings is 2. The molecule has 0 aliphatic carbocycles. The summed E-state index contributed by atoms with van der Waals surface area (Å²) in [5.74, 6) is 0.692. The first-order chi connectivity index (χ1) is 8.84. The predicted molar refractivity (Wildman–Crippen MR) is 69.6 cm³/mol. The van der Waals surface area contributed by atoms with Crippen molar-refractivity contribution >= 4 is 11.6 Å². The van der Waals surface area contributed by atoms with Gasteiger partial charge in [0.15, 0.2) is 5.82 Å². The molecule has 0 spiro atoms. The Balaban J connectivity index is 2.13. The average molecular weight is 257 g/mol. The van der Waals surface area contributed by atoms with Gasteiger partial charge in [0.1, 0.15) is 0 Å². The van der Waals surface area contributed by atoms with E-state index in [4.69, 9.17) is 11.6 Å². The summed E-state index contributed by atoms with van der Waals surface area (Å²) in [6.45, 7) is 0. The van der Waals surface area contributed by atoms with Crippen LogP contribution in [0.1, 0.15) is 0 Å². The molecule has 2 aromatic carbocycles. The van der Waals surface area contributed by atoms with Crippen molar-refractivity contribution in [1.82, 2.24) is 20.2 Å². The highest BCUT2D eigenvalue weighted by Crippen LogP contribution is 2.20. The molecule has 0 atom stereocenters. The highest BCUT2D eigenvalue weighted by molar-refractivity contribution is 6.30.